The lowest BCUT2D eigenvalue weighted by Gasteiger charge is -2.08. The zero-order valence-corrected chi connectivity index (χ0v) is 10.8. The van der Waals surface area contributed by atoms with Gasteiger partial charge in [-0.15, -0.1) is 0 Å². The second-order valence-electron chi connectivity index (χ2n) is 3.96. The Bertz CT molecular complexity index is 541. The Morgan fingerprint density at radius 1 is 1.37 bits per heavy atom. The fraction of sp³-hybridized carbons (Fsp3) is 0.286. The van der Waals surface area contributed by atoms with Gasteiger partial charge in [-0.05, 0) is 24.6 Å². The van der Waals surface area contributed by atoms with Gasteiger partial charge in [0.15, 0.2) is 0 Å². The van der Waals surface area contributed by atoms with Gasteiger partial charge in [0.25, 0.3) is 5.91 Å². The van der Waals surface area contributed by atoms with Gasteiger partial charge < -0.3 is 16.8 Å². The van der Waals surface area contributed by atoms with Gasteiger partial charge in [0.1, 0.15) is 0 Å². The predicted octanol–water partition coefficient (Wildman–Crippen LogP) is -0.0896. The summed E-state index contributed by atoms with van der Waals surface area (Å²) in [5.74, 6) is 4.98. The maximum absolute atomic E-state index is 11.9. The maximum atomic E-state index is 11.9. The summed E-state index contributed by atoms with van der Waals surface area (Å²) >= 11 is 0. The van der Waals surface area contributed by atoms with Crippen molar-refractivity contribution < 1.29 is 9.59 Å². The second kappa shape index (κ2) is 7.19. The molecule has 0 bridgehead atoms. The van der Waals surface area contributed by atoms with Crippen molar-refractivity contribution in [1.82, 2.24) is 5.32 Å². The Morgan fingerprint density at radius 2 is 2.11 bits per heavy atom. The fourth-order valence-electron chi connectivity index (χ4n) is 1.56. The summed E-state index contributed by atoms with van der Waals surface area (Å²) in [6.07, 6.45) is 0.122. The fourth-order valence-corrected chi connectivity index (χ4v) is 1.56. The SMILES string of the molecule is Cc1c(C#CCN)cccc1C(=O)NCCC(N)=O. The highest BCUT2D eigenvalue weighted by atomic mass is 16.2. The summed E-state index contributed by atoms with van der Waals surface area (Å²) in [4.78, 5) is 22.5. The Hall–Kier alpha value is -2.32. The van der Waals surface area contributed by atoms with Gasteiger partial charge in [0.05, 0.1) is 6.54 Å². The van der Waals surface area contributed by atoms with Crippen LogP contribution in [-0.4, -0.2) is 24.9 Å². The summed E-state index contributed by atoms with van der Waals surface area (Å²) in [5.41, 5.74) is 12.4. The topological polar surface area (TPSA) is 98.2 Å². The first kappa shape index (κ1) is 14.7. The maximum Gasteiger partial charge on any atom is 0.251 e. The van der Waals surface area contributed by atoms with Gasteiger partial charge in [0.2, 0.25) is 5.91 Å². The molecule has 0 aromatic heterocycles. The number of carbonyl (C=O) groups is 2. The molecule has 100 valence electrons. The van der Waals surface area contributed by atoms with Crippen LogP contribution < -0.4 is 16.8 Å². The van der Waals surface area contributed by atoms with Crippen LogP contribution in [0.4, 0.5) is 0 Å². The first-order valence-corrected chi connectivity index (χ1v) is 5.91. The molecule has 1 aromatic carbocycles. The van der Waals surface area contributed by atoms with Gasteiger partial charge in [-0.25, -0.2) is 0 Å². The van der Waals surface area contributed by atoms with E-state index in [-0.39, 0.29) is 25.4 Å². The van der Waals surface area contributed by atoms with Crippen LogP contribution in [0.25, 0.3) is 0 Å². The van der Waals surface area contributed by atoms with Crippen LogP contribution >= 0.6 is 0 Å². The average molecular weight is 259 g/mol. The molecule has 0 saturated carbocycles. The molecule has 5 heteroatoms. The monoisotopic (exact) mass is 259 g/mol. The van der Waals surface area contributed by atoms with Crippen molar-refractivity contribution in [1.29, 1.82) is 0 Å². The van der Waals surface area contributed by atoms with E-state index in [1.807, 2.05) is 13.0 Å². The smallest absolute Gasteiger partial charge is 0.251 e. The molecule has 2 amide bonds. The minimum absolute atomic E-state index is 0.122. The van der Waals surface area contributed by atoms with E-state index >= 15 is 0 Å². The number of benzene rings is 1. The number of amides is 2. The number of nitrogens with one attached hydrogen (secondary N) is 1. The minimum atomic E-state index is -0.445. The lowest BCUT2D eigenvalue weighted by atomic mass is 10.0. The summed E-state index contributed by atoms with van der Waals surface area (Å²) in [7, 11) is 0. The van der Waals surface area contributed by atoms with Gasteiger partial charge in [0, 0.05) is 24.1 Å². The molecule has 0 heterocycles. The third-order valence-electron chi connectivity index (χ3n) is 2.56. The molecule has 0 aliphatic heterocycles. The molecule has 0 saturated heterocycles. The minimum Gasteiger partial charge on any atom is -0.370 e. The van der Waals surface area contributed by atoms with Crippen molar-refractivity contribution in [3.8, 4) is 11.8 Å². The van der Waals surface area contributed by atoms with Gasteiger partial charge in [-0.2, -0.15) is 0 Å². The molecule has 0 unspecified atom stereocenters. The van der Waals surface area contributed by atoms with Crippen LogP contribution in [0, 0.1) is 18.8 Å². The first-order valence-electron chi connectivity index (χ1n) is 5.91. The Kier molecular flexibility index (Phi) is 5.58. The Labute approximate surface area is 112 Å². The molecule has 0 aliphatic rings. The highest BCUT2D eigenvalue weighted by Gasteiger charge is 2.10. The van der Waals surface area contributed by atoms with Crippen molar-refractivity contribution in [2.75, 3.05) is 13.1 Å². The zero-order valence-electron chi connectivity index (χ0n) is 10.8. The van der Waals surface area contributed by atoms with E-state index in [9.17, 15) is 9.59 Å². The highest BCUT2D eigenvalue weighted by Crippen LogP contribution is 2.12. The summed E-state index contributed by atoms with van der Waals surface area (Å²) in [6.45, 7) is 2.32. The van der Waals surface area contributed by atoms with Gasteiger partial charge >= 0.3 is 0 Å². The van der Waals surface area contributed by atoms with Crippen LogP contribution in [0.5, 0.6) is 0 Å². The van der Waals surface area contributed by atoms with E-state index in [0.29, 0.717) is 5.56 Å². The van der Waals surface area contributed by atoms with E-state index in [1.54, 1.807) is 12.1 Å². The predicted molar refractivity (Wildman–Crippen MR) is 73.3 cm³/mol. The second-order valence-corrected chi connectivity index (χ2v) is 3.96. The molecule has 1 aromatic rings. The summed E-state index contributed by atoms with van der Waals surface area (Å²) in [6, 6.07) is 5.30. The van der Waals surface area contributed by atoms with Crippen molar-refractivity contribution in [3.05, 3.63) is 34.9 Å². The van der Waals surface area contributed by atoms with Crippen molar-refractivity contribution in [3.63, 3.8) is 0 Å². The number of rotatable bonds is 4. The molecule has 5 nitrogen and oxygen atoms in total. The summed E-state index contributed by atoms with van der Waals surface area (Å²) in [5, 5.41) is 2.64. The molecular weight excluding hydrogens is 242 g/mol. The van der Waals surface area contributed by atoms with Gasteiger partial charge in [-0.1, -0.05) is 17.9 Å². The van der Waals surface area contributed by atoms with Crippen LogP contribution in [0.3, 0.4) is 0 Å². The number of nitrogens with two attached hydrogens (primary N) is 2. The van der Waals surface area contributed by atoms with Gasteiger partial charge in [-0.3, -0.25) is 9.59 Å². The van der Waals surface area contributed by atoms with Crippen LogP contribution in [0.1, 0.15) is 27.9 Å². The normalized spacial score (nSPS) is 9.37. The van der Waals surface area contributed by atoms with E-state index in [2.05, 4.69) is 17.2 Å². The molecule has 0 atom stereocenters. The molecule has 0 spiro atoms. The van der Waals surface area contributed by atoms with Crippen LogP contribution in [-0.2, 0) is 4.79 Å². The third kappa shape index (κ3) is 4.45. The molecule has 5 N–H and O–H groups in total. The molecule has 1 rings (SSSR count). The third-order valence-corrected chi connectivity index (χ3v) is 2.56. The van der Waals surface area contributed by atoms with Crippen molar-refractivity contribution in [2.45, 2.75) is 13.3 Å². The number of hydrogen-bond donors (Lipinski definition) is 3. The Morgan fingerprint density at radius 3 is 2.74 bits per heavy atom. The Balaban J connectivity index is 2.83. The molecular formula is C14H17N3O2. The average Bonchev–Trinajstić information content (AvgIpc) is 2.37. The molecule has 0 fully saturated rings. The van der Waals surface area contributed by atoms with E-state index in [0.717, 1.165) is 11.1 Å². The number of hydrogen-bond acceptors (Lipinski definition) is 3. The number of primary amides is 1. The summed E-state index contributed by atoms with van der Waals surface area (Å²) < 4.78 is 0. The molecule has 0 radical (unpaired) electrons. The first-order chi connectivity index (χ1) is 9.06. The van der Waals surface area contributed by atoms with Crippen molar-refractivity contribution >= 4 is 11.8 Å². The van der Waals surface area contributed by atoms with Crippen LogP contribution in [0.2, 0.25) is 0 Å². The van der Waals surface area contributed by atoms with E-state index < -0.39 is 5.91 Å². The largest absolute Gasteiger partial charge is 0.370 e. The lowest BCUT2D eigenvalue weighted by Crippen LogP contribution is -2.28. The number of carbonyl (C=O) groups excluding carboxylic acids is 2. The molecule has 19 heavy (non-hydrogen) atoms. The standard InChI is InChI=1S/C14H17N3O2/c1-10-11(5-3-8-15)4-2-6-12(10)14(19)17-9-7-13(16)18/h2,4,6H,7-9,15H2,1H3,(H2,16,18)(H,17,19). The zero-order chi connectivity index (χ0) is 14.3. The van der Waals surface area contributed by atoms with Crippen molar-refractivity contribution in [2.24, 2.45) is 11.5 Å². The van der Waals surface area contributed by atoms with Crippen LogP contribution in [0.15, 0.2) is 18.2 Å². The van der Waals surface area contributed by atoms with E-state index in [1.165, 1.54) is 0 Å². The van der Waals surface area contributed by atoms with E-state index in [4.69, 9.17) is 11.5 Å². The lowest BCUT2D eigenvalue weighted by molar-refractivity contribution is -0.117. The molecule has 0 aliphatic carbocycles. The quantitative estimate of drug-likeness (QED) is 0.659. The highest BCUT2D eigenvalue weighted by molar-refractivity contribution is 5.96.